The van der Waals surface area contributed by atoms with Crippen molar-refractivity contribution in [1.29, 1.82) is 0 Å². The number of aryl methyl sites for hydroxylation is 2. The van der Waals surface area contributed by atoms with Gasteiger partial charge in [-0.3, -0.25) is 4.40 Å². The van der Waals surface area contributed by atoms with Gasteiger partial charge in [0, 0.05) is 10.4 Å². The predicted molar refractivity (Wildman–Crippen MR) is 100 cm³/mol. The lowest BCUT2D eigenvalue weighted by atomic mass is 10.1. The fourth-order valence-electron chi connectivity index (χ4n) is 3.47. The second kappa shape index (κ2) is 5.57. The Morgan fingerprint density at radius 2 is 2.04 bits per heavy atom. The normalized spacial score (nSPS) is 13.9. The van der Waals surface area contributed by atoms with Crippen molar-refractivity contribution in [1.82, 2.24) is 19.6 Å². The first kappa shape index (κ1) is 14.4. The lowest BCUT2D eigenvalue weighted by molar-refractivity contribution is 0.911. The first-order valence-corrected chi connectivity index (χ1v) is 10.0. The largest absolute Gasteiger partial charge is 0.253 e. The molecular formula is C18H16N4S2. The Morgan fingerprint density at radius 3 is 2.88 bits per heavy atom. The summed E-state index contributed by atoms with van der Waals surface area (Å²) in [4.78, 5) is 7.63. The molecule has 4 aromatic rings. The van der Waals surface area contributed by atoms with E-state index in [0.29, 0.717) is 0 Å². The van der Waals surface area contributed by atoms with E-state index in [1.54, 1.807) is 11.8 Å². The third-order valence-corrected chi connectivity index (χ3v) is 6.48. The van der Waals surface area contributed by atoms with E-state index in [0.717, 1.165) is 39.2 Å². The molecule has 4 nitrogen and oxygen atoms in total. The van der Waals surface area contributed by atoms with Crippen molar-refractivity contribution >= 4 is 39.0 Å². The molecule has 6 heteroatoms. The standard InChI is InChI=1S/C18H16N4S2/c1-2-23-18-21-20-16-14-12-9-6-10-13(12)24-17(14)19-15(22(16)18)11-7-4-3-5-8-11/h3-5,7-8H,2,6,9-10H2,1H3. The van der Waals surface area contributed by atoms with Crippen LogP contribution in [0.4, 0.5) is 0 Å². The first-order chi connectivity index (χ1) is 11.9. The molecule has 1 aliphatic carbocycles. The van der Waals surface area contributed by atoms with Gasteiger partial charge in [0.05, 0.1) is 5.39 Å². The van der Waals surface area contributed by atoms with Crippen LogP contribution in [0.15, 0.2) is 35.5 Å². The van der Waals surface area contributed by atoms with Crippen LogP contribution in [-0.4, -0.2) is 25.3 Å². The number of fused-ring (bicyclic) bond motifs is 5. The van der Waals surface area contributed by atoms with Crippen LogP contribution in [0.2, 0.25) is 0 Å². The topological polar surface area (TPSA) is 43.1 Å². The quantitative estimate of drug-likeness (QED) is 0.505. The van der Waals surface area contributed by atoms with Gasteiger partial charge in [-0.1, -0.05) is 49.0 Å². The highest BCUT2D eigenvalue weighted by atomic mass is 32.2. The van der Waals surface area contributed by atoms with Crippen molar-refractivity contribution in [2.45, 2.75) is 31.3 Å². The molecule has 0 fully saturated rings. The molecule has 0 bridgehead atoms. The van der Waals surface area contributed by atoms with E-state index in [-0.39, 0.29) is 0 Å². The number of rotatable bonds is 3. The van der Waals surface area contributed by atoms with E-state index >= 15 is 0 Å². The molecule has 120 valence electrons. The Hall–Kier alpha value is -1.92. The minimum absolute atomic E-state index is 0.929. The lowest BCUT2D eigenvalue weighted by Crippen LogP contribution is -1.99. The molecule has 0 radical (unpaired) electrons. The van der Waals surface area contributed by atoms with Crippen LogP contribution in [0.1, 0.15) is 23.8 Å². The molecular weight excluding hydrogens is 336 g/mol. The average molecular weight is 352 g/mol. The van der Waals surface area contributed by atoms with Gasteiger partial charge in [-0.15, -0.1) is 21.5 Å². The summed E-state index contributed by atoms with van der Waals surface area (Å²) >= 11 is 3.55. The van der Waals surface area contributed by atoms with Crippen LogP contribution in [-0.2, 0) is 12.8 Å². The van der Waals surface area contributed by atoms with Crippen molar-refractivity contribution < 1.29 is 0 Å². The Balaban J connectivity index is 1.91. The van der Waals surface area contributed by atoms with Crippen molar-refractivity contribution in [2.75, 3.05) is 5.75 Å². The van der Waals surface area contributed by atoms with Crippen LogP contribution < -0.4 is 0 Å². The third kappa shape index (κ3) is 2.03. The smallest absolute Gasteiger partial charge is 0.197 e. The predicted octanol–water partition coefficient (Wildman–Crippen LogP) is 4.61. The molecule has 0 unspecified atom stereocenters. The monoisotopic (exact) mass is 352 g/mol. The molecule has 24 heavy (non-hydrogen) atoms. The van der Waals surface area contributed by atoms with Crippen LogP contribution in [0, 0.1) is 0 Å². The van der Waals surface area contributed by atoms with Gasteiger partial charge in [-0.05, 0) is 30.6 Å². The zero-order chi connectivity index (χ0) is 16.1. The second-order valence-corrected chi connectivity index (χ2v) is 8.23. The highest BCUT2D eigenvalue weighted by Gasteiger charge is 2.24. The number of aromatic nitrogens is 4. The van der Waals surface area contributed by atoms with Gasteiger partial charge in [-0.25, -0.2) is 4.98 Å². The summed E-state index contributed by atoms with van der Waals surface area (Å²) in [5.41, 5.74) is 3.53. The summed E-state index contributed by atoms with van der Waals surface area (Å²) in [5.74, 6) is 1.91. The summed E-state index contributed by atoms with van der Waals surface area (Å²) in [7, 11) is 0. The van der Waals surface area contributed by atoms with Gasteiger partial charge in [0.1, 0.15) is 10.7 Å². The summed E-state index contributed by atoms with van der Waals surface area (Å²) in [5, 5.41) is 11.2. The van der Waals surface area contributed by atoms with Gasteiger partial charge in [0.15, 0.2) is 10.8 Å². The molecule has 5 rings (SSSR count). The molecule has 0 amide bonds. The maximum atomic E-state index is 5.04. The van der Waals surface area contributed by atoms with Gasteiger partial charge < -0.3 is 0 Å². The third-order valence-electron chi connectivity index (χ3n) is 4.48. The number of hydrogen-bond donors (Lipinski definition) is 0. The van der Waals surface area contributed by atoms with Gasteiger partial charge in [0.2, 0.25) is 0 Å². The molecule has 0 spiro atoms. The van der Waals surface area contributed by atoms with E-state index in [9.17, 15) is 0 Å². The Kier molecular flexibility index (Phi) is 3.35. The fourth-order valence-corrected chi connectivity index (χ4v) is 5.39. The minimum Gasteiger partial charge on any atom is -0.253 e. The Labute approximate surface area is 147 Å². The van der Waals surface area contributed by atoms with E-state index in [1.807, 2.05) is 17.4 Å². The maximum Gasteiger partial charge on any atom is 0.197 e. The molecule has 0 N–H and O–H groups in total. The molecule has 0 saturated carbocycles. The van der Waals surface area contributed by atoms with Crippen LogP contribution >= 0.6 is 23.1 Å². The SMILES string of the molecule is CCSc1nnc2c3c4c(sc3nc(-c3ccccc3)n12)CCC4. The molecule has 1 aliphatic rings. The molecule has 1 aromatic carbocycles. The molecule has 0 aliphatic heterocycles. The summed E-state index contributed by atoms with van der Waals surface area (Å²) < 4.78 is 2.15. The van der Waals surface area contributed by atoms with Crippen molar-refractivity contribution in [3.8, 4) is 11.4 Å². The molecule has 3 heterocycles. The molecule has 0 atom stereocenters. The number of hydrogen-bond acceptors (Lipinski definition) is 5. The average Bonchev–Trinajstić information content (AvgIpc) is 3.29. The minimum atomic E-state index is 0.929. The van der Waals surface area contributed by atoms with Crippen LogP contribution in [0.5, 0.6) is 0 Å². The maximum absolute atomic E-state index is 5.04. The second-order valence-electron chi connectivity index (χ2n) is 5.91. The molecule has 3 aromatic heterocycles. The number of thioether (sulfide) groups is 1. The van der Waals surface area contributed by atoms with Gasteiger partial charge >= 0.3 is 0 Å². The molecule has 0 saturated heterocycles. The highest BCUT2D eigenvalue weighted by molar-refractivity contribution is 7.99. The summed E-state index contributed by atoms with van der Waals surface area (Å²) in [6, 6.07) is 10.4. The van der Waals surface area contributed by atoms with Crippen molar-refractivity contribution in [3.05, 3.63) is 40.8 Å². The van der Waals surface area contributed by atoms with E-state index in [2.05, 4.69) is 45.8 Å². The first-order valence-electron chi connectivity index (χ1n) is 8.24. The van der Waals surface area contributed by atoms with E-state index in [1.165, 1.54) is 28.7 Å². The number of thiophene rings is 1. The zero-order valence-electron chi connectivity index (χ0n) is 13.3. The van der Waals surface area contributed by atoms with Crippen molar-refractivity contribution in [3.63, 3.8) is 0 Å². The zero-order valence-corrected chi connectivity index (χ0v) is 15.0. The fraction of sp³-hybridized carbons (Fsp3) is 0.278. The summed E-state index contributed by atoms with van der Waals surface area (Å²) in [6.07, 6.45) is 3.56. The van der Waals surface area contributed by atoms with Crippen LogP contribution in [0.25, 0.3) is 27.3 Å². The Morgan fingerprint density at radius 1 is 1.17 bits per heavy atom. The number of benzene rings is 1. The highest BCUT2D eigenvalue weighted by Crippen LogP contribution is 2.40. The Bertz CT molecular complexity index is 1050. The summed E-state index contributed by atoms with van der Waals surface area (Å²) in [6.45, 7) is 2.14. The van der Waals surface area contributed by atoms with Gasteiger partial charge in [-0.2, -0.15) is 0 Å². The number of nitrogens with zero attached hydrogens (tertiary/aromatic N) is 4. The van der Waals surface area contributed by atoms with E-state index < -0.39 is 0 Å². The lowest BCUT2D eigenvalue weighted by Gasteiger charge is -2.08. The van der Waals surface area contributed by atoms with Crippen LogP contribution in [0.3, 0.4) is 0 Å². The van der Waals surface area contributed by atoms with E-state index in [4.69, 9.17) is 4.98 Å². The van der Waals surface area contributed by atoms with Crippen molar-refractivity contribution in [2.24, 2.45) is 0 Å². The van der Waals surface area contributed by atoms with Gasteiger partial charge in [0.25, 0.3) is 0 Å².